The third kappa shape index (κ3) is 4.11. The summed E-state index contributed by atoms with van der Waals surface area (Å²) >= 11 is 8.83. The predicted octanol–water partition coefficient (Wildman–Crippen LogP) is 5.47. The minimum atomic E-state index is -0.550. The van der Waals surface area contributed by atoms with Crippen LogP contribution in [0.5, 0.6) is 0 Å². The van der Waals surface area contributed by atoms with Crippen molar-refractivity contribution in [2.24, 2.45) is 0 Å². The lowest BCUT2D eigenvalue weighted by molar-refractivity contribution is -0.122. The van der Waals surface area contributed by atoms with Crippen LogP contribution in [0.15, 0.2) is 63.0 Å². The number of rotatable bonds is 3. The molecule has 0 radical (unpaired) electrons. The fraction of sp³-hybridized carbons (Fsp3) is 0.125. The lowest BCUT2D eigenvalue weighted by Gasteiger charge is -2.30. The number of furan rings is 1. The van der Waals surface area contributed by atoms with E-state index in [2.05, 4.69) is 21.2 Å². The van der Waals surface area contributed by atoms with Gasteiger partial charge < -0.3 is 4.42 Å². The molecule has 0 aliphatic carbocycles. The summed E-state index contributed by atoms with van der Waals surface area (Å²) in [5, 5.41) is 2.66. The summed E-state index contributed by atoms with van der Waals surface area (Å²) in [5.41, 5.74) is 4.55. The Bertz CT molecular complexity index is 1280. The Labute approximate surface area is 193 Å². The zero-order chi connectivity index (χ0) is 22.3. The predicted molar refractivity (Wildman–Crippen MR) is 129 cm³/mol. The van der Waals surface area contributed by atoms with E-state index in [9.17, 15) is 9.59 Å². The van der Waals surface area contributed by atoms with E-state index in [1.165, 1.54) is 11.0 Å². The number of benzene rings is 2. The largest absolute Gasteiger partial charge is 0.457 e. The second-order valence-electron chi connectivity index (χ2n) is 7.43. The Morgan fingerprint density at radius 1 is 1.00 bits per heavy atom. The first-order chi connectivity index (χ1) is 14.7. The number of nitrogens with zero attached hydrogens (tertiary/aromatic N) is 1. The number of halogens is 1. The third-order valence-electron chi connectivity index (χ3n) is 5.00. The van der Waals surface area contributed by atoms with Crippen LogP contribution in [0.25, 0.3) is 17.4 Å². The van der Waals surface area contributed by atoms with Crippen LogP contribution >= 0.6 is 28.1 Å². The van der Waals surface area contributed by atoms with Crippen LogP contribution in [0.3, 0.4) is 0 Å². The molecule has 2 heterocycles. The van der Waals surface area contributed by atoms with E-state index in [0.717, 1.165) is 26.7 Å². The molecular formula is C24H19BrN2O3S. The van der Waals surface area contributed by atoms with Crippen molar-refractivity contribution >= 4 is 56.8 Å². The summed E-state index contributed by atoms with van der Waals surface area (Å²) in [6, 6.07) is 15.2. The van der Waals surface area contributed by atoms with Gasteiger partial charge in [0.15, 0.2) is 5.11 Å². The van der Waals surface area contributed by atoms with Crippen LogP contribution < -0.4 is 10.2 Å². The number of anilines is 1. The highest BCUT2D eigenvalue weighted by Gasteiger charge is 2.35. The molecule has 5 nitrogen and oxygen atoms in total. The molecule has 0 spiro atoms. The van der Waals surface area contributed by atoms with Crippen molar-refractivity contribution in [2.75, 3.05) is 4.90 Å². The lowest BCUT2D eigenvalue weighted by atomic mass is 10.1. The second-order valence-corrected chi connectivity index (χ2v) is 8.67. The summed E-state index contributed by atoms with van der Waals surface area (Å²) in [5.74, 6) is -0.0147. The monoisotopic (exact) mass is 494 g/mol. The molecule has 1 fully saturated rings. The Morgan fingerprint density at radius 2 is 1.71 bits per heavy atom. The van der Waals surface area contributed by atoms with Gasteiger partial charge in [0.2, 0.25) is 0 Å². The molecule has 1 N–H and O–H groups in total. The van der Waals surface area contributed by atoms with Gasteiger partial charge in [-0.3, -0.25) is 19.8 Å². The van der Waals surface area contributed by atoms with Gasteiger partial charge in [0, 0.05) is 10.0 Å². The maximum Gasteiger partial charge on any atom is 0.270 e. The Kier molecular flexibility index (Phi) is 5.64. The normalized spacial score (nSPS) is 15.5. The van der Waals surface area contributed by atoms with Crippen LogP contribution in [0.2, 0.25) is 0 Å². The van der Waals surface area contributed by atoms with Gasteiger partial charge in [-0.1, -0.05) is 39.7 Å². The van der Waals surface area contributed by atoms with Gasteiger partial charge in [-0.2, -0.15) is 0 Å². The van der Waals surface area contributed by atoms with Crippen LogP contribution in [0.1, 0.15) is 22.5 Å². The lowest BCUT2D eigenvalue weighted by Crippen LogP contribution is -2.54. The van der Waals surface area contributed by atoms with E-state index >= 15 is 0 Å². The fourth-order valence-corrected chi connectivity index (χ4v) is 4.43. The van der Waals surface area contributed by atoms with Gasteiger partial charge in [-0.15, -0.1) is 0 Å². The number of carbonyl (C=O) groups excluding carboxylic acids is 2. The van der Waals surface area contributed by atoms with E-state index in [0.29, 0.717) is 17.2 Å². The minimum Gasteiger partial charge on any atom is -0.457 e. The molecule has 3 aromatic rings. The SMILES string of the molecule is Cc1ccc(N2C(=O)/C(=C\c3ccc(-c4ccc(C)cc4Br)o3)C(=O)NC2=S)c(C)c1. The second kappa shape index (κ2) is 8.24. The van der Waals surface area contributed by atoms with Gasteiger partial charge in [-0.25, -0.2) is 0 Å². The zero-order valence-corrected chi connectivity index (χ0v) is 19.6. The molecule has 4 rings (SSSR count). The van der Waals surface area contributed by atoms with E-state index in [4.69, 9.17) is 16.6 Å². The molecule has 31 heavy (non-hydrogen) atoms. The number of hydrogen-bond acceptors (Lipinski definition) is 4. The first kappa shape index (κ1) is 21.2. The molecule has 0 unspecified atom stereocenters. The molecular weight excluding hydrogens is 476 g/mol. The smallest absolute Gasteiger partial charge is 0.270 e. The van der Waals surface area contributed by atoms with Crippen molar-refractivity contribution in [3.63, 3.8) is 0 Å². The topological polar surface area (TPSA) is 62.6 Å². The number of amides is 2. The molecule has 0 saturated carbocycles. The highest BCUT2D eigenvalue weighted by Crippen LogP contribution is 2.32. The first-order valence-corrected chi connectivity index (χ1v) is 10.8. The van der Waals surface area contributed by atoms with Gasteiger partial charge in [-0.05, 0) is 80.5 Å². The number of thiocarbonyl (C=S) groups is 1. The third-order valence-corrected chi connectivity index (χ3v) is 5.94. The van der Waals surface area contributed by atoms with Crippen molar-refractivity contribution in [2.45, 2.75) is 20.8 Å². The molecule has 1 saturated heterocycles. The number of carbonyl (C=O) groups is 2. The van der Waals surface area contributed by atoms with Crippen molar-refractivity contribution < 1.29 is 14.0 Å². The van der Waals surface area contributed by atoms with E-state index in [1.807, 2.05) is 57.2 Å². The van der Waals surface area contributed by atoms with Gasteiger partial charge >= 0.3 is 0 Å². The van der Waals surface area contributed by atoms with Crippen molar-refractivity contribution in [1.82, 2.24) is 5.32 Å². The Hall–Kier alpha value is -3.03. The van der Waals surface area contributed by atoms with Crippen LogP contribution in [-0.2, 0) is 9.59 Å². The minimum absolute atomic E-state index is 0.0440. The van der Waals surface area contributed by atoms with Crippen LogP contribution in [-0.4, -0.2) is 16.9 Å². The summed E-state index contributed by atoms with van der Waals surface area (Å²) in [4.78, 5) is 27.1. The maximum absolute atomic E-state index is 13.2. The van der Waals surface area contributed by atoms with E-state index in [-0.39, 0.29) is 10.7 Å². The van der Waals surface area contributed by atoms with Crippen molar-refractivity contribution in [3.8, 4) is 11.3 Å². The standard InChI is InChI=1S/C24H19BrN2O3S/c1-13-5-8-20(15(3)10-13)27-23(29)18(22(28)26-24(27)31)12-16-6-9-21(30-16)17-7-4-14(2)11-19(17)25/h4-12H,1-3H3,(H,26,28,31)/b18-12-. The average Bonchev–Trinajstić information content (AvgIpc) is 3.15. The summed E-state index contributed by atoms with van der Waals surface area (Å²) in [7, 11) is 0. The molecule has 1 aliphatic rings. The summed E-state index contributed by atoms with van der Waals surface area (Å²) in [6.45, 7) is 5.88. The van der Waals surface area contributed by atoms with Crippen LogP contribution in [0.4, 0.5) is 5.69 Å². The zero-order valence-electron chi connectivity index (χ0n) is 17.2. The Morgan fingerprint density at radius 3 is 2.42 bits per heavy atom. The average molecular weight is 495 g/mol. The highest BCUT2D eigenvalue weighted by molar-refractivity contribution is 9.10. The summed E-state index contributed by atoms with van der Waals surface area (Å²) < 4.78 is 6.81. The number of aryl methyl sites for hydroxylation is 3. The van der Waals surface area contributed by atoms with Crippen molar-refractivity contribution in [3.05, 3.63) is 81.0 Å². The fourth-order valence-electron chi connectivity index (χ4n) is 3.47. The molecule has 1 aromatic heterocycles. The molecule has 7 heteroatoms. The molecule has 0 bridgehead atoms. The number of hydrogen-bond donors (Lipinski definition) is 1. The molecule has 2 amide bonds. The Balaban J connectivity index is 1.70. The van der Waals surface area contributed by atoms with Crippen LogP contribution in [0, 0.1) is 20.8 Å². The molecule has 2 aromatic carbocycles. The highest BCUT2D eigenvalue weighted by atomic mass is 79.9. The first-order valence-electron chi connectivity index (χ1n) is 9.59. The van der Waals surface area contributed by atoms with Gasteiger partial charge in [0.05, 0.1) is 5.69 Å². The number of nitrogens with one attached hydrogen (secondary N) is 1. The summed E-state index contributed by atoms with van der Waals surface area (Å²) in [6.07, 6.45) is 1.45. The van der Waals surface area contributed by atoms with Gasteiger partial charge in [0.25, 0.3) is 11.8 Å². The quantitative estimate of drug-likeness (QED) is 0.298. The van der Waals surface area contributed by atoms with Gasteiger partial charge in [0.1, 0.15) is 17.1 Å². The van der Waals surface area contributed by atoms with Crippen molar-refractivity contribution in [1.29, 1.82) is 0 Å². The van der Waals surface area contributed by atoms with E-state index in [1.54, 1.807) is 12.1 Å². The molecule has 0 atom stereocenters. The molecule has 1 aliphatic heterocycles. The molecule has 156 valence electrons. The van der Waals surface area contributed by atoms with E-state index < -0.39 is 11.8 Å². The maximum atomic E-state index is 13.2.